The van der Waals surface area contributed by atoms with E-state index in [1.54, 1.807) is 6.92 Å². The van der Waals surface area contributed by atoms with Gasteiger partial charge in [-0.25, -0.2) is 14.0 Å². The Kier molecular flexibility index (Phi) is 5.25. The normalized spacial score (nSPS) is 11.7. The van der Waals surface area contributed by atoms with Crippen molar-refractivity contribution in [3.63, 3.8) is 0 Å². The summed E-state index contributed by atoms with van der Waals surface area (Å²) in [4.78, 5) is 22.2. The number of carbonyl (C=O) groups is 2. The van der Waals surface area contributed by atoms with E-state index in [1.807, 2.05) is 0 Å². The molecule has 1 aromatic carbocycles. The summed E-state index contributed by atoms with van der Waals surface area (Å²) >= 11 is 0. The lowest BCUT2D eigenvalue weighted by Crippen LogP contribution is -2.34. The number of aromatic carboxylic acids is 1. The minimum atomic E-state index is -1.39. The Bertz CT molecular complexity index is 479. The van der Waals surface area contributed by atoms with Crippen LogP contribution in [0.2, 0.25) is 0 Å². The molecule has 0 saturated carbocycles. The van der Waals surface area contributed by atoms with E-state index in [4.69, 9.17) is 9.84 Å². The Morgan fingerprint density at radius 3 is 2.74 bits per heavy atom. The van der Waals surface area contributed by atoms with Gasteiger partial charge in [0, 0.05) is 19.3 Å². The second-order valence-corrected chi connectivity index (χ2v) is 3.88. The predicted molar refractivity (Wildman–Crippen MR) is 66.9 cm³/mol. The minimum absolute atomic E-state index is 0.145. The smallest absolute Gasteiger partial charge is 0.338 e. The number of hydrogen-bond acceptors (Lipinski definition) is 3. The van der Waals surface area contributed by atoms with Gasteiger partial charge in [-0.3, -0.25) is 0 Å². The van der Waals surface area contributed by atoms with Crippen molar-refractivity contribution >= 4 is 17.7 Å². The first-order valence-corrected chi connectivity index (χ1v) is 5.54. The van der Waals surface area contributed by atoms with Gasteiger partial charge >= 0.3 is 12.0 Å². The van der Waals surface area contributed by atoms with Crippen LogP contribution in [0.3, 0.4) is 0 Å². The van der Waals surface area contributed by atoms with Crippen molar-refractivity contribution in [2.24, 2.45) is 0 Å². The zero-order valence-electron chi connectivity index (χ0n) is 10.6. The van der Waals surface area contributed by atoms with E-state index in [0.29, 0.717) is 6.54 Å². The molecule has 1 atom stereocenters. The number of hydrogen-bond donors (Lipinski definition) is 3. The van der Waals surface area contributed by atoms with Crippen LogP contribution in [0.5, 0.6) is 0 Å². The molecule has 0 fully saturated rings. The monoisotopic (exact) mass is 270 g/mol. The van der Waals surface area contributed by atoms with Crippen LogP contribution in [0.1, 0.15) is 17.3 Å². The number of carbonyl (C=O) groups excluding carboxylic acids is 1. The molecule has 104 valence electrons. The van der Waals surface area contributed by atoms with Gasteiger partial charge in [0.05, 0.1) is 11.7 Å². The van der Waals surface area contributed by atoms with Gasteiger partial charge in [-0.15, -0.1) is 0 Å². The fraction of sp³-hybridized carbons (Fsp3) is 0.333. The van der Waals surface area contributed by atoms with Gasteiger partial charge in [-0.05, 0) is 25.1 Å². The fourth-order valence-corrected chi connectivity index (χ4v) is 1.26. The highest BCUT2D eigenvalue weighted by Gasteiger charge is 2.12. The number of carboxylic acid groups (broad SMARTS) is 1. The standard InChI is InChI=1S/C12H15FN2O4/c1-7(19-2)6-14-12(18)15-8-3-4-10(13)9(5-8)11(16)17/h3-5,7H,6H2,1-2H3,(H,16,17)(H2,14,15,18). The van der Waals surface area contributed by atoms with Crippen molar-refractivity contribution < 1.29 is 23.8 Å². The highest BCUT2D eigenvalue weighted by molar-refractivity contribution is 5.93. The summed E-state index contributed by atoms with van der Waals surface area (Å²) in [5.41, 5.74) is -0.301. The molecule has 2 amide bonds. The number of ether oxygens (including phenoxy) is 1. The first kappa shape index (κ1) is 14.9. The van der Waals surface area contributed by atoms with Crippen molar-refractivity contribution in [1.82, 2.24) is 5.32 Å². The van der Waals surface area contributed by atoms with Crippen molar-refractivity contribution in [3.05, 3.63) is 29.6 Å². The Morgan fingerprint density at radius 1 is 1.47 bits per heavy atom. The Labute approximate surface area is 109 Å². The van der Waals surface area contributed by atoms with Crippen LogP contribution < -0.4 is 10.6 Å². The van der Waals surface area contributed by atoms with Gasteiger partial charge in [0.25, 0.3) is 0 Å². The van der Waals surface area contributed by atoms with Gasteiger partial charge in [0.15, 0.2) is 0 Å². The van der Waals surface area contributed by atoms with E-state index in [0.717, 1.165) is 12.1 Å². The Hall–Kier alpha value is -2.15. The van der Waals surface area contributed by atoms with Crippen LogP contribution in [0.4, 0.5) is 14.9 Å². The summed E-state index contributed by atoms with van der Waals surface area (Å²) < 4.78 is 18.1. The van der Waals surface area contributed by atoms with Crippen LogP contribution in [0.15, 0.2) is 18.2 Å². The Balaban J connectivity index is 2.64. The molecule has 19 heavy (non-hydrogen) atoms. The van der Waals surface area contributed by atoms with E-state index in [9.17, 15) is 14.0 Å². The molecule has 1 aromatic rings. The number of anilines is 1. The molecule has 3 N–H and O–H groups in total. The molecule has 0 spiro atoms. The molecular formula is C12H15FN2O4. The molecule has 0 aromatic heterocycles. The second-order valence-electron chi connectivity index (χ2n) is 3.88. The van der Waals surface area contributed by atoms with Gasteiger partial charge in [0.1, 0.15) is 5.82 Å². The SMILES string of the molecule is COC(C)CNC(=O)Nc1ccc(F)c(C(=O)O)c1. The molecule has 0 heterocycles. The van der Waals surface area contributed by atoms with Gasteiger partial charge in [0.2, 0.25) is 0 Å². The molecule has 0 bridgehead atoms. The number of carboxylic acids is 1. The maximum absolute atomic E-state index is 13.1. The average Bonchev–Trinajstić information content (AvgIpc) is 2.37. The molecule has 7 heteroatoms. The predicted octanol–water partition coefficient (Wildman–Crippen LogP) is 1.68. The zero-order chi connectivity index (χ0) is 14.4. The molecule has 0 radical (unpaired) electrons. The highest BCUT2D eigenvalue weighted by Crippen LogP contribution is 2.14. The third kappa shape index (κ3) is 4.55. The topological polar surface area (TPSA) is 87.7 Å². The van der Waals surface area contributed by atoms with Crippen LogP contribution in [-0.2, 0) is 4.74 Å². The van der Waals surface area contributed by atoms with Crippen molar-refractivity contribution in [3.8, 4) is 0 Å². The average molecular weight is 270 g/mol. The molecular weight excluding hydrogens is 255 g/mol. The minimum Gasteiger partial charge on any atom is -0.478 e. The molecule has 0 aliphatic carbocycles. The third-order valence-corrected chi connectivity index (χ3v) is 2.41. The molecule has 0 saturated heterocycles. The van der Waals surface area contributed by atoms with Gasteiger partial charge < -0.3 is 20.5 Å². The number of urea groups is 1. The van der Waals surface area contributed by atoms with E-state index >= 15 is 0 Å². The maximum atomic E-state index is 13.1. The number of amides is 2. The summed E-state index contributed by atoms with van der Waals surface area (Å²) in [7, 11) is 1.52. The van der Waals surface area contributed by atoms with Crippen LogP contribution in [0.25, 0.3) is 0 Å². The van der Waals surface area contributed by atoms with Gasteiger partial charge in [-0.2, -0.15) is 0 Å². The Morgan fingerprint density at radius 2 is 2.16 bits per heavy atom. The van der Waals surface area contributed by atoms with Crippen LogP contribution >= 0.6 is 0 Å². The number of methoxy groups -OCH3 is 1. The first-order valence-electron chi connectivity index (χ1n) is 5.54. The molecule has 1 unspecified atom stereocenters. The largest absolute Gasteiger partial charge is 0.478 e. The molecule has 0 aliphatic heterocycles. The lowest BCUT2D eigenvalue weighted by Gasteiger charge is -2.12. The summed E-state index contributed by atoms with van der Waals surface area (Å²) in [5.74, 6) is -2.25. The van der Waals surface area contributed by atoms with E-state index < -0.39 is 23.4 Å². The number of nitrogens with one attached hydrogen (secondary N) is 2. The maximum Gasteiger partial charge on any atom is 0.338 e. The lowest BCUT2D eigenvalue weighted by atomic mass is 10.2. The summed E-state index contributed by atoms with van der Waals surface area (Å²) in [6.45, 7) is 2.08. The van der Waals surface area contributed by atoms with Crippen molar-refractivity contribution in [1.29, 1.82) is 0 Å². The molecule has 6 nitrogen and oxygen atoms in total. The number of halogens is 1. The summed E-state index contributed by atoms with van der Waals surface area (Å²) in [6, 6.07) is 2.79. The van der Waals surface area contributed by atoms with E-state index in [-0.39, 0.29) is 11.8 Å². The van der Waals surface area contributed by atoms with Crippen LogP contribution in [-0.4, -0.2) is 36.9 Å². The molecule has 0 aliphatic rings. The lowest BCUT2D eigenvalue weighted by molar-refractivity contribution is 0.0692. The van der Waals surface area contributed by atoms with E-state index in [1.165, 1.54) is 13.2 Å². The first-order chi connectivity index (χ1) is 8.93. The van der Waals surface area contributed by atoms with Crippen LogP contribution in [0, 0.1) is 5.82 Å². The van der Waals surface area contributed by atoms with E-state index in [2.05, 4.69) is 10.6 Å². The molecule has 1 rings (SSSR count). The zero-order valence-corrected chi connectivity index (χ0v) is 10.6. The number of benzene rings is 1. The summed E-state index contributed by atoms with van der Waals surface area (Å²) in [5, 5.41) is 13.7. The van der Waals surface area contributed by atoms with Crippen molar-refractivity contribution in [2.45, 2.75) is 13.0 Å². The summed E-state index contributed by atoms with van der Waals surface area (Å²) in [6.07, 6.45) is -0.145. The quantitative estimate of drug-likeness (QED) is 0.759. The number of rotatable bonds is 5. The van der Waals surface area contributed by atoms with Gasteiger partial charge in [-0.1, -0.05) is 0 Å². The van der Waals surface area contributed by atoms with Crippen molar-refractivity contribution in [2.75, 3.05) is 19.0 Å². The third-order valence-electron chi connectivity index (χ3n) is 2.41. The fourth-order valence-electron chi connectivity index (χ4n) is 1.26. The highest BCUT2D eigenvalue weighted by atomic mass is 19.1. The second kappa shape index (κ2) is 6.69.